The van der Waals surface area contributed by atoms with Gasteiger partial charge in [-0.1, -0.05) is 12.1 Å². The van der Waals surface area contributed by atoms with Gasteiger partial charge in [-0.3, -0.25) is 4.98 Å². The number of halogens is 2. The number of pyridine rings is 1. The third kappa shape index (κ3) is 3.05. The van der Waals surface area contributed by atoms with Crippen LogP contribution in [0.4, 0.5) is 26.4 Å². The Morgan fingerprint density at radius 3 is 2.54 bits per heavy atom. The minimum atomic E-state index is -0.455. The Hall–Kier alpha value is -3.16. The van der Waals surface area contributed by atoms with Crippen LogP contribution in [0.1, 0.15) is 19.3 Å². The first-order valence-corrected chi connectivity index (χ1v) is 8.28. The van der Waals surface area contributed by atoms with Gasteiger partial charge in [0.05, 0.1) is 23.6 Å². The molecule has 0 unspecified atom stereocenters. The summed E-state index contributed by atoms with van der Waals surface area (Å²) < 4.78 is 27.8. The summed E-state index contributed by atoms with van der Waals surface area (Å²) >= 11 is 0. The summed E-state index contributed by atoms with van der Waals surface area (Å²) in [5.41, 5.74) is 6.61. The average Bonchev–Trinajstić information content (AvgIpc) is 2.57. The molecule has 0 radical (unpaired) electrons. The molecule has 4 rings (SSSR count). The third-order valence-corrected chi connectivity index (χ3v) is 4.38. The van der Waals surface area contributed by atoms with Crippen LogP contribution >= 0.6 is 0 Å². The Kier molecular flexibility index (Phi) is 4.16. The zero-order valence-electron chi connectivity index (χ0n) is 13.8. The van der Waals surface area contributed by atoms with Crippen LogP contribution in [0.15, 0.2) is 42.7 Å². The van der Waals surface area contributed by atoms with Crippen molar-refractivity contribution in [1.29, 1.82) is 0 Å². The number of hydrogen-bond acceptors (Lipinski definition) is 6. The maximum atomic E-state index is 14.1. The molecule has 0 spiro atoms. The maximum Gasteiger partial charge on any atom is 0.235 e. The highest BCUT2D eigenvalue weighted by Crippen LogP contribution is 2.35. The fourth-order valence-corrected chi connectivity index (χ4v) is 2.92. The molecule has 1 saturated carbocycles. The topological polar surface area (TPSA) is 80.8 Å². The number of hydrogen-bond donors (Lipinski definition) is 1. The second-order valence-corrected chi connectivity index (χ2v) is 6.11. The molecule has 132 valence electrons. The van der Waals surface area contributed by atoms with Gasteiger partial charge in [-0.2, -0.15) is 15.0 Å². The molecule has 1 fully saturated rings. The molecule has 0 aliphatic heterocycles. The summed E-state index contributed by atoms with van der Waals surface area (Å²) in [6.45, 7) is 0. The molecule has 1 aromatic carbocycles. The van der Waals surface area contributed by atoms with Crippen LogP contribution in [0.3, 0.4) is 0 Å². The first-order chi connectivity index (χ1) is 12.6. The van der Waals surface area contributed by atoms with Crippen LogP contribution in [-0.4, -0.2) is 26.0 Å². The van der Waals surface area contributed by atoms with Crippen molar-refractivity contribution in [3.05, 3.63) is 54.4 Å². The summed E-state index contributed by atoms with van der Waals surface area (Å²) in [4.78, 5) is 18.4. The molecule has 26 heavy (non-hydrogen) atoms. The second-order valence-electron chi connectivity index (χ2n) is 6.11. The van der Waals surface area contributed by atoms with E-state index in [1.54, 1.807) is 29.3 Å². The Labute approximate surface area is 148 Å². The van der Waals surface area contributed by atoms with E-state index in [1.165, 1.54) is 12.1 Å². The first kappa shape index (κ1) is 16.3. The van der Waals surface area contributed by atoms with Gasteiger partial charge in [0.2, 0.25) is 11.9 Å². The molecule has 2 heterocycles. The van der Waals surface area contributed by atoms with E-state index in [1.807, 2.05) is 0 Å². The highest BCUT2D eigenvalue weighted by molar-refractivity contribution is 5.63. The lowest BCUT2D eigenvalue weighted by Gasteiger charge is -2.37. The number of nitrogens with zero attached hydrogens (tertiary/aromatic N) is 5. The van der Waals surface area contributed by atoms with Gasteiger partial charge in [0, 0.05) is 12.1 Å². The Morgan fingerprint density at radius 2 is 1.85 bits per heavy atom. The van der Waals surface area contributed by atoms with Crippen LogP contribution in [0.5, 0.6) is 0 Å². The summed E-state index contributed by atoms with van der Waals surface area (Å²) in [6, 6.07) is 7.66. The van der Waals surface area contributed by atoms with Gasteiger partial charge in [-0.05, 0) is 31.4 Å². The molecule has 1 aliphatic rings. The van der Waals surface area contributed by atoms with E-state index in [2.05, 4.69) is 19.9 Å². The van der Waals surface area contributed by atoms with Crippen molar-refractivity contribution in [2.75, 3.05) is 10.6 Å². The molecule has 2 aromatic heterocycles. The van der Waals surface area contributed by atoms with Gasteiger partial charge in [-0.15, -0.1) is 0 Å². The normalized spacial score (nSPS) is 14.1. The molecule has 1 aliphatic carbocycles. The van der Waals surface area contributed by atoms with Crippen molar-refractivity contribution in [2.45, 2.75) is 25.3 Å². The number of anilines is 3. The lowest BCUT2D eigenvalue weighted by molar-refractivity contribution is 0.407. The van der Waals surface area contributed by atoms with E-state index >= 15 is 0 Å². The van der Waals surface area contributed by atoms with Gasteiger partial charge in [0.15, 0.2) is 5.82 Å². The van der Waals surface area contributed by atoms with Crippen molar-refractivity contribution in [1.82, 2.24) is 19.9 Å². The number of nitrogens with two attached hydrogens (primary N) is 1. The fraction of sp³-hybridized carbons (Fsp3) is 0.222. The molecule has 0 amide bonds. The van der Waals surface area contributed by atoms with Crippen LogP contribution in [0.25, 0.3) is 11.4 Å². The molecule has 0 atom stereocenters. The quantitative estimate of drug-likeness (QED) is 0.772. The first-order valence-electron chi connectivity index (χ1n) is 8.28. The van der Waals surface area contributed by atoms with Crippen molar-refractivity contribution >= 4 is 17.6 Å². The minimum absolute atomic E-state index is 0.0260. The summed E-state index contributed by atoms with van der Waals surface area (Å²) in [7, 11) is 0. The predicted molar refractivity (Wildman–Crippen MR) is 93.6 cm³/mol. The molecule has 0 bridgehead atoms. The van der Waals surface area contributed by atoms with Crippen LogP contribution < -0.4 is 10.6 Å². The highest BCUT2D eigenvalue weighted by atomic mass is 19.1. The molecule has 3 aromatic rings. The Morgan fingerprint density at radius 1 is 1.04 bits per heavy atom. The second kappa shape index (κ2) is 6.62. The molecule has 0 saturated heterocycles. The van der Waals surface area contributed by atoms with Crippen molar-refractivity contribution in [3.8, 4) is 11.4 Å². The molecule has 6 nitrogen and oxygen atoms in total. The van der Waals surface area contributed by atoms with E-state index in [-0.39, 0.29) is 29.3 Å². The Bertz CT molecular complexity index is 944. The van der Waals surface area contributed by atoms with Gasteiger partial charge in [0.25, 0.3) is 0 Å². The standard InChI is InChI=1S/C18H16F2N6/c19-11-8-13(10-22-9-11)26(12-4-3-5-12)18-24-16(23-17(21)25-18)14-6-1-2-7-15(14)20/h1-2,6-10,12H,3-5H2,(H2,21,23,24,25). The highest BCUT2D eigenvalue weighted by Gasteiger charge is 2.29. The lowest BCUT2D eigenvalue weighted by Crippen LogP contribution is -2.38. The monoisotopic (exact) mass is 354 g/mol. The zero-order valence-corrected chi connectivity index (χ0v) is 13.8. The van der Waals surface area contributed by atoms with Gasteiger partial charge < -0.3 is 10.6 Å². The molecule has 2 N–H and O–H groups in total. The zero-order chi connectivity index (χ0) is 18.1. The minimum Gasteiger partial charge on any atom is -0.368 e. The van der Waals surface area contributed by atoms with Crippen molar-refractivity contribution in [2.24, 2.45) is 0 Å². The summed E-state index contributed by atoms with van der Waals surface area (Å²) in [5, 5.41) is 0. The number of benzene rings is 1. The number of aromatic nitrogens is 4. The van der Waals surface area contributed by atoms with E-state index in [9.17, 15) is 8.78 Å². The number of nitrogen functional groups attached to an aromatic ring is 1. The molecule has 8 heteroatoms. The summed E-state index contributed by atoms with van der Waals surface area (Å²) in [6.07, 6.45) is 5.57. The smallest absolute Gasteiger partial charge is 0.235 e. The maximum absolute atomic E-state index is 14.1. The van der Waals surface area contributed by atoms with Crippen LogP contribution in [0.2, 0.25) is 0 Å². The van der Waals surface area contributed by atoms with Crippen LogP contribution in [-0.2, 0) is 0 Å². The molecular formula is C18H16F2N6. The van der Waals surface area contributed by atoms with Crippen LogP contribution in [0, 0.1) is 11.6 Å². The van der Waals surface area contributed by atoms with E-state index in [0.717, 1.165) is 25.5 Å². The van der Waals surface area contributed by atoms with Crippen molar-refractivity contribution < 1.29 is 8.78 Å². The van der Waals surface area contributed by atoms with Gasteiger partial charge in [-0.25, -0.2) is 8.78 Å². The summed E-state index contributed by atoms with van der Waals surface area (Å²) in [5.74, 6) is -0.538. The lowest BCUT2D eigenvalue weighted by atomic mass is 9.91. The largest absolute Gasteiger partial charge is 0.368 e. The fourth-order valence-electron chi connectivity index (χ4n) is 2.92. The van der Waals surface area contributed by atoms with Crippen molar-refractivity contribution in [3.63, 3.8) is 0 Å². The third-order valence-electron chi connectivity index (χ3n) is 4.38. The molecular weight excluding hydrogens is 338 g/mol. The van der Waals surface area contributed by atoms with Gasteiger partial charge in [0.1, 0.15) is 11.6 Å². The van der Waals surface area contributed by atoms with E-state index < -0.39 is 11.6 Å². The Balaban J connectivity index is 1.83. The van der Waals surface area contributed by atoms with Gasteiger partial charge >= 0.3 is 0 Å². The average molecular weight is 354 g/mol. The van der Waals surface area contributed by atoms with E-state index in [0.29, 0.717) is 5.69 Å². The predicted octanol–water partition coefficient (Wildman–Crippen LogP) is 3.48. The van der Waals surface area contributed by atoms with E-state index in [4.69, 9.17) is 5.73 Å². The SMILES string of the molecule is Nc1nc(-c2ccccc2F)nc(N(c2cncc(F)c2)C2CCC2)n1. The number of rotatable bonds is 4.